The fourth-order valence-electron chi connectivity index (χ4n) is 2.76. The van der Waals surface area contributed by atoms with E-state index >= 15 is 0 Å². The van der Waals surface area contributed by atoms with Crippen LogP contribution in [0.25, 0.3) is 0 Å². The average molecular weight is 268 g/mol. The van der Waals surface area contributed by atoms with Crippen molar-refractivity contribution in [1.82, 2.24) is 9.36 Å². The molecule has 3 N–H and O–H groups in total. The number of nitrogens with zero attached hydrogens (tertiary/aromatic N) is 2. The molecule has 2 unspecified atom stereocenters. The third-order valence-electron chi connectivity index (χ3n) is 3.81. The van der Waals surface area contributed by atoms with Gasteiger partial charge in [0.15, 0.2) is 0 Å². The summed E-state index contributed by atoms with van der Waals surface area (Å²) in [6.07, 6.45) is 4.85. The van der Waals surface area contributed by atoms with Crippen molar-refractivity contribution in [2.45, 2.75) is 57.9 Å². The topological polar surface area (TPSA) is 63.8 Å². The van der Waals surface area contributed by atoms with Crippen molar-refractivity contribution in [3.8, 4) is 0 Å². The monoisotopic (exact) mass is 268 g/mol. The van der Waals surface area contributed by atoms with Crippen LogP contribution in [0.4, 0.5) is 5.13 Å². The van der Waals surface area contributed by atoms with Crippen LogP contribution in [0.1, 0.15) is 58.2 Å². The first-order valence-electron chi connectivity index (χ1n) is 6.86. The van der Waals surface area contributed by atoms with Crippen LogP contribution in [0.2, 0.25) is 0 Å². The van der Waals surface area contributed by atoms with Crippen LogP contribution in [-0.2, 0) is 0 Å². The van der Waals surface area contributed by atoms with E-state index in [1.807, 2.05) is 0 Å². The number of rotatable bonds is 4. The van der Waals surface area contributed by atoms with E-state index < -0.39 is 0 Å². The molecule has 2 atom stereocenters. The van der Waals surface area contributed by atoms with E-state index in [9.17, 15) is 0 Å². The number of anilines is 1. The summed E-state index contributed by atoms with van der Waals surface area (Å²) < 4.78 is 4.39. The van der Waals surface area contributed by atoms with E-state index in [1.54, 1.807) is 0 Å². The fourth-order valence-corrected chi connectivity index (χ4v) is 3.59. The van der Waals surface area contributed by atoms with Gasteiger partial charge in [-0.05, 0) is 18.8 Å². The summed E-state index contributed by atoms with van der Waals surface area (Å²) in [5, 5.41) is 4.50. The smallest absolute Gasteiger partial charge is 0.203 e. The highest BCUT2D eigenvalue weighted by Crippen LogP contribution is 2.35. The van der Waals surface area contributed by atoms with Crippen molar-refractivity contribution in [2.75, 3.05) is 11.9 Å². The molecule has 1 aliphatic carbocycles. The zero-order valence-corrected chi connectivity index (χ0v) is 12.4. The quantitative estimate of drug-likeness (QED) is 0.881. The van der Waals surface area contributed by atoms with Crippen molar-refractivity contribution in [3.05, 3.63) is 5.82 Å². The third-order valence-corrected chi connectivity index (χ3v) is 4.46. The van der Waals surface area contributed by atoms with E-state index in [0.717, 1.165) is 29.7 Å². The molecule has 1 aromatic heterocycles. The highest BCUT2D eigenvalue weighted by atomic mass is 32.1. The summed E-state index contributed by atoms with van der Waals surface area (Å²) in [6, 6.07) is 0. The lowest BCUT2D eigenvalue weighted by Crippen LogP contribution is -2.48. The van der Waals surface area contributed by atoms with Gasteiger partial charge in [-0.25, -0.2) is 4.98 Å². The lowest BCUT2D eigenvalue weighted by Gasteiger charge is -2.39. The summed E-state index contributed by atoms with van der Waals surface area (Å²) in [5.41, 5.74) is 6.04. The van der Waals surface area contributed by atoms with Crippen molar-refractivity contribution < 1.29 is 0 Å². The molecule has 18 heavy (non-hydrogen) atoms. The minimum absolute atomic E-state index is 0.0332. The van der Waals surface area contributed by atoms with Gasteiger partial charge < -0.3 is 11.1 Å². The Labute approximate surface area is 114 Å². The first-order valence-corrected chi connectivity index (χ1v) is 7.64. The average Bonchev–Trinajstić information content (AvgIpc) is 2.77. The maximum absolute atomic E-state index is 6.01. The van der Waals surface area contributed by atoms with E-state index in [2.05, 4.69) is 35.4 Å². The number of nitrogens with one attached hydrogen (secondary N) is 1. The van der Waals surface area contributed by atoms with Crippen molar-refractivity contribution in [3.63, 3.8) is 0 Å². The second kappa shape index (κ2) is 5.53. The van der Waals surface area contributed by atoms with Crippen LogP contribution in [0.15, 0.2) is 0 Å². The Bertz CT molecular complexity index is 390. The van der Waals surface area contributed by atoms with Crippen LogP contribution in [0.3, 0.4) is 0 Å². The molecule has 1 saturated carbocycles. The van der Waals surface area contributed by atoms with Gasteiger partial charge in [0, 0.05) is 24.0 Å². The molecule has 0 bridgehead atoms. The predicted octanol–water partition coefficient (Wildman–Crippen LogP) is 2.98. The maximum Gasteiger partial charge on any atom is 0.203 e. The van der Waals surface area contributed by atoms with Crippen molar-refractivity contribution in [1.29, 1.82) is 0 Å². The van der Waals surface area contributed by atoms with Crippen LogP contribution in [0.5, 0.6) is 0 Å². The molecule has 2 rings (SSSR count). The summed E-state index contributed by atoms with van der Waals surface area (Å²) in [4.78, 5) is 4.56. The molecule has 0 amide bonds. The lowest BCUT2D eigenvalue weighted by atomic mass is 9.76. The lowest BCUT2D eigenvalue weighted by molar-refractivity contribution is 0.264. The Morgan fingerprint density at radius 1 is 1.56 bits per heavy atom. The van der Waals surface area contributed by atoms with Gasteiger partial charge >= 0.3 is 0 Å². The van der Waals surface area contributed by atoms with Crippen LogP contribution < -0.4 is 11.1 Å². The number of nitrogens with two attached hydrogens (primary N) is 1. The number of hydrogen-bond donors (Lipinski definition) is 2. The Hall–Kier alpha value is -0.680. The molecule has 1 aromatic rings. The Balaban J connectivity index is 2.09. The van der Waals surface area contributed by atoms with Crippen molar-refractivity contribution in [2.24, 2.45) is 11.7 Å². The largest absolute Gasteiger partial charge is 0.354 e. The molecule has 1 aliphatic rings. The highest BCUT2D eigenvalue weighted by Gasteiger charge is 2.34. The van der Waals surface area contributed by atoms with Crippen LogP contribution in [0, 0.1) is 5.92 Å². The van der Waals surface area contributed by atoms with Crippen molar-refractivity contribution >= 4 is 16.7 Å². The molecule has 1 heterocycles. The minimum Gasteiger partial charge on any atom is -0.354 e. The van der Waals surface area contributed by atoms with Gasteiger partial charge in [-0.2, -0.15) is 4.37 Å². The predicted molar refractivity (Wildman–Crippen MR) is 77.0 cm³/mol. The second-order valence-electron chi connectivity index (χ2n) is 5.92. The van der Waals surface area contributed by atoms with Gasteiger partial charge in [-0.3, -0.25) is 0 Å². The van der Waals surface area contributed by atoms with Crippen LogP contribution >= 0.6 is 11.5 Å². The molecule has 102 valence electrons. The summed E-state index contributed by atoms with van der Waals surface area (Å²) in [6.45, 7) is 7.22. The van der Waals surface area contributed by atoms with Crippen LogP contribution in [-0.4, -0.2) is 21.4 Å². The number of hydrogen-bond acceptors (Lipinski definition) is 5. The Kier molecular flexibility index (Phi) is 4.22. The fraction of sp³-hybridized carbons (Fsp3) is 0.846. The minimum atomic E-state index is 0.0332. The highest BCUT2D eigenvalue weighted by molar-refractivity contribution is 7.09. The Morgan fingerprint density at radius 2 is 2.33 bits per heavy atom. The van der Waals surface area contributed by atoms with Gasteiger partial charge in [0.25, 0.3) is 0 Å². The summed E-state index contributed by atoms with van der Waals surface area (Å²) >= 11 is 1.46. The van der Waals surface area contributed by atoms with Gasteiger partial charge in [-0.1, -0.05) is 33.6 Å². The molecule has 0 aromatic carbocycles. The normalized spacial score (nSPS) is 28.6. The standard InChI is InChI=1S/C13H24N4S/c1-9(2)11-15-12(18-17-11)16-13(8-14)6-4-5-10(3)7-13/h9-10H,4-8,14H2,1-3H3,(H,15,16,17). The van der Waals surface area contributed by atoms with E-state index in [4.69, 9.17) is 5.73 Å². The van der Waals surface area contributed by atoms with Gasteiger partial charge in [0.2, 0.25) is 5.13 Å². The molecule has 1 fully saturated rings. The summed E-state index contributed by atoms with van der Waals surface area (Å²) in [7, 11) is 0. The van der Waals surface area contributed by atoms with E-state index in [-0.39, 0.29) is 5.54 Å². The molecule has 0 spiro atoms. The Morgan fingerprint density at radius 3 is 2.89 bits per heavy atom. The van der Waals surface area contributed by atoms with Gasteiger partial charge in [0.1, 0.15) is 5.82 Å². The molecule has 0 aliphatic heterocycles. The molecule has 4 nitrogen and oxygen atoms in total. The summed E-state index contributed by atoms with van der Waals surface area (Å²) in [5.74, 6) is 2.06. The zero-order chi connectivity index (χ0) is 13.2. The third kappa shape index (κ3) is 3.01. The molecular formula is C13H24N4S. The zero-order valence-electron chi connectivity index (χ0n) is 11.6. The van der Waals surface area contributed by atoms with Gasteiger partial charge in [-0.15, -0.1) is 0 Å². The SMILES string of the molecule is CC1CCCC(CN)(Nc2nc(C(C)C)ns2)C1. The van der Waals surface area contributed by atoms with Gasteiger partial charge in [0.05, 0.1) is 5.54 Å². The first-order chi connectivity index (χ1) is 8.54. The molecule has 0 saturated heterocycles. The molecule has 5 heteroatoms. The number of aromatic nitrogens is 2. The van der Waals surface area contributed by atoms with E-state index in [1.165, 1.54) is 24.4 Å². The first kappa shape index (κ1) is 13.7. The second-order valence-corrected chi connectivity index (χ2v) is 6.68. The molecule has 0 radical (unpaired) electrons. The maximum atomic E-state index is 6.01. The molecular weight excluding hydrogens is 244 g/mol. The van der Waals surface area contributed by atoms with E-state index in [0.29, 0.717) is 12.5 Å².